The normalized spacial score (nSPS) is 14.4. The number of aryl methyl sites for hydroxylation is 1. The van der Waals surface area contributed by atoms with Gasteiger partial charge in [-0.25, -0.2) is 0 Å². The van der Waals surface area contributed by atoms with Crippen LogP contribution in [0.25, 0.3) is 22.1 Å². The van der Waals surface area contributed by atoms with Gasteiger partial charge in [-0.3, -0.25) is 5.32 Å². The zero-order valence-electron chi connectivity index (χ0n) is 13.6. The third kappa shape index (κ3) is 2.81. The quantitative estimate of drug-likeness (QED) is 0.317. The van der Waals surface area contributed by atoms with Crippen molar-refractivity contribution in [3.63, 3.8) is 0 Å². The molecule has 1 unspecified atom stereocenters. The molecule has 0 fully saturated rings. The Kier molecular flexibility index (Phi) is 4.01. The molecule has 25 heavy (non-hydrogen) atoms. The summed E-state index contributed by atoms with van der Waals surface area (Å²) in [6.45, 7) is 1.86. The van der Waals surface area contributed by atoms with Crippen LogP contribution in [-0.2, 0) is 6.42 Å². The molecule has 2 bridgehead atoms. The van der Waals surface area contributed by atoms with Gasteiger partial charge in [0, 0.05) is 22.5 Å². The molecular weight excluding hydrogens is 321 g/mol. The van der Waals surface area contributed by atoms with E-state index < -0.39 is 19.3 Å². The van der Waals surface area contributed by atoms with Crippen LogP contribution in [0.2, 0.25) is 0 Å². The van der Waals surface area contributed by atoms with Gasteiger partial charge in [0.2, 0.25) is 0 Å². The molecular formula is C18H18BNO5. The van der Waals surface area contributed by atoms with Crippen molar-refractivity contribution in [3.8, 4) is 0 Å². The molecule has 4 rings (SSSR count). The summed E-state index contributed by atoms with van der Waals surface area (Å²) in [6.07, 6.45) is 0.829. The van der Waals surface area contributed by atoms with Crippen LogP contribution in [0.4, 0.5) is 0 Å². The fourth-order valence-electron chi connectivity index (χ4n) is 3.31. The van der Waals surface area contributed by atoms with Gasteiger partial charge in [0.1, 0.15) is 23.0 Å². The van der Waals surface area contributed by atoms with Gasteiger partial charge < -0.3 is 24.0 Å². The number of aliphatic hydroxyl groups excluding tert-OH is 1. The van der Waals surface area contributed by atoms with Crippen molar-refractivity contribution in [2.45, 2.75) is 25.5 Å². The summed E-state index contributed by atoms with van der Waals surface area (Å²) in [7, 11) is -1.64. The number of aliphatic hydroxyl groups is 1. The van der Waals surface area contributed by atoms with E-state index in [0.717, 1.165) is 22.1 Å². The summed E-state index contributed by atoms with van der Waals surface area (Å²) in [6, 6.07) is 11.2. The smallest absolute Gasteiger partial charge is 0.464 e. The molecule has 0 spiro atoms. The lowest BCUT2D eigenvalue weighted by molar-refractivity contribution is 0.128. The molecule has 3 heterocycles. The Hall–Kier alpha value is -2.32. The van der Waals surface area contributed by atoms with Gasteiger partial charge in [-0.15, -0.1) is 0 Å². The van der Waals surface area contributed by atoms with Crippen LogP contribution >= 0.6 is 0 Å². The third-order valence-corrected chi connectivity index (χ3v) is 4.65. The minimum atomic E-state index is -1.64. The van der Waals surface area contributed by atoms with Crippen LogP contribution in [0.5, 0.6) is 0 Å². The van der Waals surface area contributed by atoms with Crippen molar-refractivity contribution in [1.29, 1.82) is 0 Å². The number of rotatable bonds is 6. The molecule has 0 aliphatic carbocycles. The first-order valence-corrected chi connectivity index (χ1v) is 8.11. The maximum absolute atomic E-state index is 10.5. The Morgan fingerprint density at radius 3 is 2.56 bits per heavy atom. The molecule has 0 saturated heterocycles. The first kappa shape index (κ1) is 16.2. The van der Waals surface area contributed by atoms with E-state index in [4.69, 9.17) is 8.83 Å². The molecule has 1 aromatic carbocycles. The highest BCUT2D eigenvalue weighted by atomic mass is 16.4. The summed E-state index contributed by atoms with van der Waals surface area (Å²) in [5, 5.41) is 33.8. The largest absolute Gasteiger partial charge is 0.470 e. The lowest BCUT2D eigenvalue weighted by Crippen LogP contribution is -2.46. The fourth-order valence-corrected chi connectivity index (χ4v) is 3.31. The Morgan fingerprint density at radius 1 is 1.08 bits per heavy atom. The van der Waals surface area contributed by atoms with Crippen molar-refractivity contribution in [2.75, 3.05) is 0 Å². The van der Waals surface area contributed by atoms with Crippen molar-refractivity contribution < 1.29 is 24.0 Å². The van der Waals surface area contributed by atoms with Crippen LogP contribution in [-0.4, -0.2) is 28.2 Å². The van der Waals surface area contributed by atoms with Crippen molar-refractivity contribution in [2.24, 2.45) is 0 Å². The highest BCUT2D eigenvalue weighted by molar-refractivity contribution is 6.43. The summed E-state index contributed by atoms with van der Waals surface area (Å²) < 4.78 is 11.0. The third-order valence-electron chi connectivity index (χ3n) is 4.65. The Balaban J connectivity index is 1.57. The number of nitrogens with one attached hydrogen (secondary N) is 1. The number of benzene rings is 2. The maximum Gasteiger partial charge on any atom is 0.470 e. The van der Waals surface area contributed by atoms with E-state index >= 15 is 0 Å². The predicted octanol–water partition coefficient (Wildman–Crippen LogP) is 2.13. The van der Waals surface area contributed by atoms with Gasteiger partial charge in [-0.2, -0.15) is 0 Å². The van der Waals surface area contributed by atoms with Crippen LogP contribution in [0.3, 0.4) is 0 Å². The summed E-state index contributed by atoms with van der Waals surface area (Å²) >= 11 is 0. The second-order valence-electron chi connectivity index (χ2n) is 6.25. The van der Waals surface area contributed by atoms with Crippen LogP contribution in [0.1, 0.15) is 22.9 Å². The van der Waals surface area contributed by atoms with Crippen LogP contribution < -0.4 is 5.32 Å². The van der Waals surface area contributed by atoms with Gasteiger partial charge in [0.15, 0.2) is 0 Å². The maximum atomic E-state index is 10.5. The van der Waals surface area contributed by atoms with Crippen LogP contribution in [0, 0.1) is 6.92 Å². The molecule has 3 aromatic heterocycles. The second-order valence-corrected chi connectivity index (χ2v) is 6.25. The predicted molar refractivity (Wildman–Crippen MR) is 94.1 cm³/mol. The monoisotopic (exact) mass is 339 g/mol. The van der Waals surface area contributed by atoms with Crippen molar-refractivity contribution in [3.05, 3.63) is 59.4 Å². The molecule has 0 aliphatic heterocycles. The molecule has 4 N–H and O–H groups in total. The van der Waals surface area contributed by atoms with E-state index in [0.29, 0.717) is 23.2 Å². The van der Waals surface area contributed by atoms with Gasteiger partial charge in [-0.05, 0) is 37.1 Å². The summed E-state index contributed by atoms with van der Waals surface area (Å²) in [5.41, 5.74) is 4.35. The van der Waals surface area contributed by atoms with Crippen molar-refractivity contribution in [1.82, 2.24) is 5.32 Å². The Morgan fingerprint density at radius 2 is 1.84 bits per heavy atom. The first-order valence-electron chi connectivity index (χ1n) is 8.11. The molecule has 0 amide bonds. The van der Waals surface area contributed by atoms with Gasteiger partial charge >= 0.3 is 7.12 Å². The van der Waals surface area contributed by atoms with E-state index in [-0.39, 0.29) is 0 Å². The molecule has 0 saturated carbocycles. The number of hydrogen-bond acceptors (Lipinski definition) is 6. The average molecular weight is 339 g/mol. The van der Waals surface area contributed by atoms with E-state index in [1.54, 1.807) is 12.3 Å². The fraction of sp³-hybridized carbons (Fsp3) is 0.222. The standard InChI is InChI=1S/C18H18BNO5/c1-10-13-6-7-15(25-13)17(10)18(21)20-16(19(22)23)8-11-9-24-14-5-3-2-4-12(11)14/h2-7,9,16,18,20-23H,8H2,1H3/t16-,18?/m1/s1. The number of para-hydroxylation sites is 1. The zero-order chi connectivity index (χ0) is 17.6. The minimum absolute atomic E-state index is 0.292. The highest BCUT2D eigenvalue weighted by Gasteiger charge is 2.29. The van der Waals surface area contributed by atoms with E-state index in [2.05, 4.69) is 5.32 Å². The average Bonchev–Trinajstić information content (AvgIpc) is 3.29. The van der Waals surface area contributed by atoms with E-state index in [1.807, 2.05) is 37.3 Å². The molecule has 6 nitrogen and oxygen atoms in total. The second kappa shape index (κ2) is 6.20. The minimum Gasteiger partial charge on any atom is -0.464 e. The first-order chi connectivity index (χ1) is 12.0. The van der Waals surface area contributed by atoms with Crippen LogP contribution in [0.15, 0.2) is 51.5 Å². The lowest BCUT2D eigenvalue weighted by atomic mass is 9.75. The Labute approximate surface area is 144 Å². The zero-order valence-corrected chi connectivity index (χ0v) is 13.6. The van der Waals surface area contributed by atoms with Crippen molar-refractivity contribution >= 4 is 29.3 Å². The number of furan rings is 3. The molecule has 0 aliphatic rings. The summed E-state index contributed by atoms with van der Waals surface area (Å²) in [4.78, 5) is 0. The molecule has 0 radical (unpaired) electrons. The molecule has 4 aromatic rings. The van der Waals surface area contributed by atoms with E-state index in [1.165, 1.54) is 0 Å². The molecule has 7 heteroatoms. The van der Waals surface area contributed by atoms with Gasteiger partial charge in [-0.1, -0.05) is 18.2 Å². The Bertz CT molecular complexity index is 992. The SMILES string of the molecule is Cc1c(C(O)N[C@H](Cc2coc3ccccc23)B(O)O)c2ccc1o2. The number of hydrogen-bond donors (Lipinski definition) is 4. The highest BCUT2D eigenvalue weighted by Crippen LogP contribution is 2.32. The molecule has 2 atom stereocenters. The molecule has 128 valence electrons. The van der Waals surface area contributed by atoms with Gasteiger partial charge in [0.25, 0.3) is 0 Å². The van der Waals surface area contributed by atoms with E-state index in [9.17, 15) is 15.2 Å². The lowest BCUT2D eigenvalue weighted by Gasteiger charge is -2.22. The van der Waals surface area contributed by atoms with Gasteiger partial charge in [0.05, 0.1) is 6.26 Å². The topological polar surface area (TPSA) is 99.0 Å². The number of fused-ring (bicyclic) bond motifs is 3. The summed E-state index contributed by atoms with van der Waals surface area (Å²) in [5.74, 6) is -0.773.